The third-order valence-electron chi connectivity index (χ3n) is 12.0. The summed E-state index contributed by atoms with van der Waals surface area (Å²) in [6.45, 7) is 13.4. The molecule has 0 radical (unpaired) electrons. The van der Waals surface area contributed by atoms with Crippen molar-refractivity contribution in [3.8, 4) is 0 Å². The molecule has 14 nitrogen and oxygen atoms in total. The number of ketones is 1. The number of aliphatic hydroxyl groups excluding tert-OH is 2. The third kappa shape index (κ3) is 7.62. The van der Waals surface area contributed by atoms with Crippen LogP contribution in [-0.2, 0) is 19.1 Å². The van der Waals surface area contributed by atoms with Gasteiger partial charge in [0.15, 0.2) is 11.7 Å². The number of anilines is 2. The van der Waals surface area contributed by atoms with Crippen LogP contribution in [0.2, 0.25) is 0 Å². The maximum absolute atomic E-state index is 13.6. The molecule has 5 unspecified atom stereocenters. The molecule has 2 saturated carbocycles. The number of rotatable bonds is 12. The highest BCUT2D eigenvalue weighted by Crippen LogP contribution is 2.62. The van der Waals surface area contributed by atoms with Gasteiger partial charge in [-0.25, -0.2) is 14.8 Å². The second-order valence-electron chi connectivity index (χ2n) is 15.2. The lowest BCUT2D eigenvalue weighted by molar-refractivity contribution is -0.156. The molecule has 14 heteroatoms. The number of aromatic amines is 1. The second-order valence-corrected chi connectivity index (χ2v) is 15.2. The standard InChI is InChI=1S/C38H51N7O7/c1-22-27(17-29(43-33-7-5-6-10-40-33)26-16-25(52-35(26)50)15-24-19-41-36(39)44-34(24)49)37(3)9-8-32(48)38(4,21-46)31(37)18-28(22)42-23(2)30(47)20-45-11-13-51-14-12-45/h5-7,10,15-16,19,23,27-29,31-32,42,46,48H,1,8-9,11-14,17-18,20-21H2,2-4H3,(H,40,43)(H3,39,41,44,49)/t23?,27?,28?,29?,31?,32-,37-,38+/m1/s1. The lowest BCUT2D eigenvalue weighted by Crippen LogP contribution is -2.62. The summed E-state index contributed by atoms with van der Waals surface area (Å²) >= 11 is 0. The summed E-state index contributed by atoms with van der Waals surface area (Å²) in [7, 11) is 0. The molecule has 2 aliphatic carbocycles. The SMILES string of the molecule is C=C1C(NC(C)C(=O)CN2CCOCC2)CC2[C@](C)(CC[C@@H](O)[C@@]2(C)CO)C1CC(Nc1ccccn1)C1=CC(=Cc2cnc(N)[nH]c2=O)OC1=O. The first-order chi connectivity index (χ1) is 24.8. The minimum atomic E-state index is -0.807. The van der Waals surface area contributed by atoms with Crippen LogP contribution < -0.4 is 21.9 Å². The Morgan fingerprint density at radius 3 is 2.71 bits per heavy atom. The number of cyclic esters (lactones) is 1. The van der Waals surface area contributed by atoms with E-state index in [2.05, 4.69) is 44.0 Å². The Bertz CT molecular complexity index is 1770. The van der Waals surface area contributed by atoms with Crippen LogP contribution in [0, 0.1) is 22.7 Å². The number of carbonyl (C=O) groups is 2. The first kappa shape index (κ1) is 37.5. The number of carbonyl (C=O) groups excluding carboxylic acids is 2. The number of fused-ring (bicyclic) bond motifs is 1. The number of aromatic nitrogens is 3. The lowest BCUT2D eigenvalue weighted by atomic mass is 9.45. The van der Waals surface area contributed by atoms with Crippen LogP contribution in [0.15, 0.2) is 64.9 Å². The van der Waals surface area contributed by atoms with Gasteiger partial charge < -0.3 is 36.1 Å². The van der Waals surface area contributed by atoms with Crippen molar-refractivity contribution in [2.24, 2.45) is 22.7 Å². The summed E-state index contributed by atoms with van der Waals surface area (Å²) in [6, 6.07) is 4.08. The van der Waals surface area contributed by atoms with Crippen molar-refractivity contribution in [2.75, 3.05) is 50.5 Å². The molecule has 1 saturated heterocycles. The van der Waals surface area contributed by atoms with Crippen molar-refractivity contribution in [3.05, 3.63) is 76.1 Å². The van der Waals surface area contributed by atoms with Crippen LogP contribution >= 0.6 is 0 Å². The Morgan fingerprint density at radius 1 is 1.25 bits per heavy atom. The number of nitrogens with zero attached hydrogens (tertiary/aromatic N) is 3. The number of hydrogen-bond donors (Lipinski definition) is 6. The number of ether oxygens (including phenoxy) is 2. The number of pyridine rings is 1. The van der Waals surface area contributed by atoms with Crippen LogP contribution in [0.5, 0.6) is 0 Å². The van der Waals surface area contributed by atoms with E-state index in [1.54, 1.807) is 18.3 Å². The minimum absolute atomic E-state index is 0.0258. The smallest absolute Gasteiger partial charge is 0.341 e. The normalized spacial score (nSPS) is 31.4. The lowest BCUT2D eigenvalue weighted by Gasteiger charge is -2.62. The molecule has 52 heavy (non-hydrogen) atoms. The Labute approximate surface area is 303 Å². The van der Waals surface area contributed by atoms with Gasteiger partial charge in [-0.05, 0) is 74.1 Å². The van der Waals surface area contributed by atoms with Crippen LogP contribution in [0.3, 0.4) is 0 Å². The van der Waals surface area contributed by atoms with Gasteiger partial charge in [0.05, 0.1) is 55.7 Å². The first-order valence-corrected chi connectivity index (χ1v) is 18.1. The predicted molar refractivity (Wildman–Crippen MR) is 196 cm³/mol. The molecule has 2 aromatic rings. The molecule has 280 valence electrons. The molecule has 7 N–H and O–H groups in total. The van der Waals surface area contributed by atoms with Gasteiger partial charge in [0.1, 0.15) is 11.6 Å². The monoisotopic (exact) mass is 717 g/mol. The zero-order valence-electron chi connectivity index (χ0n) is 30.1. The van der Waals surface area contributed by atoms with E-state index < -0.39 is 40.5 Å². The molecule has 4 aliphatic rings. The highest BCUT2D eigenvalue weighted by molar-refractivity contribution is 5.95. The summed E-state index contributed by atoms with van der Waals surface area (Å²) < 4.78 is 11.1. The van der Waals surface area contributed by atoms with E-state index in [0.29, 0.717) is 69.9 Å². The average Bonchev–Trinajstić information content (AvgIpc) is 3.50. The summed E-state index contributed by atoms with van der Waals surface area (Å²) in [5.41, 5.74) is 5.32. The van der Waals surface area contributed by atoms with Crippen molar-refractivity contribution < 1.29 is 29.3 Å². The van der Waals surface area contributed by atoms with Gasteiger partial charge in [-0.3, -0.25) is 19.5 Å². The van der Waals surface area contributed by atoms with E-state index in [9.17, 15) is 24.6 Å². The Kier molecular flexibility index (Phi) is 11.1. The van der Waals surface area contributed by atoms with Gasteiger partial charge in [0.2, 0.25) is 0 Å². The van der Waals surface area contributed by atoms with Gasteiger partial charge in [-0.1, -0.05) is 32.1 Å². The summed E-state index contributed by atoms with van der Waals surface area (Å²) in [4.78, 5) is 52.6. The molecule has 0 amide bonds. The largest absolute Gasteiger partial charge is 0.423 e. The molecule has 0 bridgehead atoms. The topological polar surface area (TPSA) is 205 Å². The van der Waals surface area contributed by atoms with Crippen molar-refractivity contribution >= 4 is 29.6 Å². The van der Waals surface area contributed by atoms with E-state index in [4.69, 9.17) is 15.2 Å². The van der Waals surface area contributed by atoms with E-state index >= 15 is 0 Å². The molecule has 2 aromatic heterocycles. The molecule has 0 aromatic carbocycles. The summed E-state index contributed by atoms with van der Waals surface area (Å²) in [6.07, 6.45) is 7.47. The van der Waals surface area contributed by atoms with Gasteiger partial charge >= 0.3 is 5.97 Å². The van der Waals surface area contributed by atoms with Gasteiger partial charge in [0, 0.05) is 36.9 Å². The van der Waals surface area contributed by atoms with Crippen LogP contribution in [0.1, 0.15) is 52.0 Å². The number of H-pyrrole nitrogens is 1. The molecule has 8 atom stereocenters. The van der Waals surface area contributed by atoms with Crippen LogP contribution in [0.25, 0.3) is 6.08 Å². The van der Waals surface area contributed by atoms with Crippen molar-refractivity contribution in [3.63, 3.8) is 0 Å². The van der Waals surface area contributed by atoms with Crippen molar-refractivity contribution in [2.45, 2.75) is 70.7 Å². The number of aliphatic hydroxyl groups is 2. The van der Waals surface area contributed by atoms with Crippen molar-refractivity contribution in [1.82, 2.24) is 25.2 Å². The van der Waals surface area contributed by atoms with Crippen LogP contribution in [-0.4, -0.2) is 106 Å². The number of nitrogen functional groups attached to an aromatic ring is 1. The van der Waals surface area contributed by atoms with E-state index in [1.165, 1.54) is 12.3 Å². The zero-order valence-corrected chi connectivity index (χ0v) is 30.1. The molecule has 6 rings (SSSR count). The molecule has 4 heterocycles. The second kappa shape index (κ2) is 15.4. The van der Waals surface area contributed by atoms with E-state index in [0.717, 1.165) is 5.57 Å². The summed E-state index contributed by atoms with van der Waals surface area (Å²) in [5.74, 6) is -0.175. The fourth-order valence-corrected chi connectivity index (χ4v) is 8.79. The number of nitrogens with one attached hydrogen (secondary N) is 3. The van der Waals surface area contributed by atoms with Gasteiger partial charge in [0.25, 0.3) is 5.56 Å². The maximum atomic E-state index is 13.6. The zero-order chi connectivity index (χ0) is 37.2. The van der Waals surface area contributed by atoms with Gasteiger partial charge in [-0.15, -0.1) is 0 Å². The molecule has 2 aliphatic heterocycles. The third-order valence-corrected chi connectivity index (χ3v) is 12.0. The highest BCUT2D eigenvalue weighted by atomic mass is 16.5. The Morgan fingerprint density at radius 2 is 2.02 bits per heavy atom. The first-order valence-electron chi connectivity index (χ1n) is 18.1. The Hall–Kier alpha value is -4.21. The highest BCUT2D eigenvalue weighted by Gasteiger charge is 2.60. The number of hydrogen-bond acceptors (Lipinski definition) is 13. The average molecular weight is 718 g/mol. The predicted octanol–water partition coefficient (Wildman–Crippen LogP) is 2.04. The number of esters is 1. The van der Waals surface area contributed by atoms with Crippen molar-refractivity contribution in [1.29, 1.82) is 0 Å². The van der Waals surface area contributed by atoms with E-state index in [-0.39, 0.29) is 47.5 Å². The quantitative estimate of drug-likeness (QED) is 0.138. The number of morpholine rings is 1. The maximum Gasteiger partial charge on any atom is 0.341 e. The molecule has 0 spiro atoms. The minimum Gasteiger partial charge on any atom is -0.423 e. The molecule has 3 fully saturated rings. The number of nitrogens with two attached hydrogens (primary N) is 1. The van der Waals surface area contributed by atoms with Crippen LogP contribution in [0.4, 0.5) is 11.8 Å². The fourth-order valence-electron chi connectivity index (χ4n) is 8.79. The fraction of sp³-hybridized carbons (Fsp3) is 0.553. The van der Waals surface area contributed by atoms with Gasteiger partial charge in [-0.2, -0.15) is 0 Å². The summed E-state index contributed by atoms with van der Waals surface area (Å²) in [5, 5.41) is 29.2. The number of Topliss-reactive ketones (excluding diaryl/α,β-unsaturated/α-hetero) is 1. The number of allylic oxidation sites excluding steroid dienone is 1. The molecular formula is C38H51N7O7. The Balaban J connectivity index is 1.34. The van der Waals surface area contributed by atoms with E-state index in [1.807, 2.05) is 26.0 Å². The molecular weight excluding hydrogens is 666 g/mol.